The summed E-state index contributed by atoms with van der Waals surface area (Å²) in [7, 11) is 4.90. The summed E-state index contributed by atoms with van der Waals surface area (Å²) in [6.07, 6.45) is 0. The molecule has 1 amide bonds. The number of hydrogen-bond donors (Lipinski definition) is 0. The van der Waals surface area contributed by atoms with Crippen LogP contribution in [-0.4, -0.2) is 51.8 Å². The lowest BCUT2D eigenvalue weighted by Gasteiger charge is -2.19. The Kier molecular flexibility index (Phi) is 7.79. The molecular weight excluding hydrogens is 414 g/mol. The summed E-state index contributed by atoms with van der Waals surface area (Å²) in [4.78, 5) is 14.3. The Labute approximate surface area is 168 Å². The predicted octanol–water partition coefficient (Wildman–Crippen LogP) is 4.02. The average molecular weight is 438 g/mol. The normalized spacial score (nSPS) is 10.3. The third kappa shape index (κ3) is 5.53. The Morgan fingerprint density at radius 3 is 2.30 bits per heavy atom. The van der Waals surface area contributed by atoms with Gasteiger partial charge in [-0.05, 0) is 59.3 Å². The second kappa shape index (κ2) is 10.1. The molecule has 0 unspecified atom stereocenters. The minimum absolute atomic E-state index is 0.129. The van der Waals surface area contributed by atoms with Crippen molar-refractivity contribution >= 4 is 21.8 Å². The summed E-state index contributed by atoms with van der Waals surface area (Å²) in [5.74, 6) is 2.46. The van der Waals surface area contributed by atoms with Crippen molar-refractivity contribution < 1.29 is 23.7 Å². The number of ether oxygens (including phenoxy) is 4. The van der Waals surface area contributed by atoms with Crippen LogP contribution in [-0.2, 0) is 0 Å². The van der Waals surface area contributed by atoms with Crippen molar-refractivity contribution in [1.82, 2.24) is 4.90 Å². The van der Waals surface area contributed by atoms with Gasteiger partial charge in [-0.2, -0.15) is 0 Å². The number of carbonyl (C=O) groups excluding carboxylic acids is 1. The summed E-state index contributed by atoms with van der Waals surface area (Å²) in [5.41, 5.74) is 0.508. The zero-order valence-electron chi connectivity index (χ0n) is 16.0. The van der Waals surface area contributed by atoms with E-state index in [1.807, 2.05) is 31.2 Å². The fraction of sp³-hybridized carbons (Fsp3) is 0.350. The fourth-order valence-corrected chi connectivity index (χ4v) is 2.98. The molecule has 0 aliphatic carbocycles. The predicted molar refractivity (Wildman–Crippen MR) is 107 cm³/mol. The zero-order valence-corrected chi connectivity index (χ0v) is 17.5. The Hall–Kier alpha value is -2.41. The molecule has 146 valence electrons. The van der Waals surface area contributed by atoms with Crippen molar-refractivity contribution in [2.45, 2.75) is 6.92 Å². The summed E-state index contributed by atoms with van der Waals surface area (Å²) < 4.78 is 22.4. The van der Waals surface area contributed by atoms with E-state index in [0.29, 0.717) is 41.3 Å². The van der Waals surface area contributed by atoms with Gasteiger partial charge >= 0.3 is 0 Å². The van der Waals surface area contributed by atoms with Gasteiger partial charge in [0.25, 0.3) is 5.91 Å². The van der Waals surface area contributed by atoms with Crippen LogP contribution in [0.3, 0.4) is 0 Å². The first-order valence-corrected chi connectivity index (χ1v) is 9.32. The third-order valence-electron chi connectivity index (χ3n) is 3.87. The maximum atomic E-state index is 12.7. The summed E-state index contributed by atoms with van der Waals surface area (Å²) in [5, 5.41) is 0. The highest BCUT2D eigenvalue weighted by Crippen LogP contribution is 2.36. The summed E-state index contributed by atoms with van der Waals surface area (Å²) in [6.45, 7) is 3.22. The molecular formula is C20H24BrNO5. The van der Waals surface area contributed by atoms with Crippen molar-refractivity contribution in [2.75, 3.05) is 41.0 Å². The van der Waals surface area contributed by atoms with Crippen LogP contribution in [0.1, 0.15) is 17.3 Å². The van der Waals surface area contributed by atoms with Gasteiger partial charge in [0.15, 0.2) is 11.5 Å². The van der Waals surface area contributed by atoms with Gasteiger partial charge in [0, 0.05) is 12.6 Å². The van der Waals surface area contributed by atoms with Crippen LogP contribution in [0.2, 0.25) is 0 Å². The number of amides is 1. The molecule has 0 atom stereocenters. The van der Waals surface area contributed by atoms with Crippen LogP contribution in [0.25, 0.3) is 0 Å². The van der Waals surface area contributed by atoms with Crippen LogP contribution in [0.15, 0.2) is 40.9 Å². The largest absolute Gasteiger partial charge is 0.497 e. The number of carbonyl (C=O) groups is 1. The molecule has 0 N–H and O–H groups in total. The molecule has 0 saturated heterocycles. The maximum absolute atomic E-state index is 12.7. The number of halogens is 1. The Bertz CT molecular complexity index is 764. The molecule has 2 aromatic carbocycles. The third-order valence-corrected chi connectivity index (χ3v) is 4.46. The number of hydrogen-bond acceptors (Lipinski definition) is 5. The van der Waals surface area contributed by atoms with E-state index >= 15 is 0 Å². The number of methoxy groups -OCH3 is 2. The number of benzene rings is 2. The van der Waals surface area contributed by atoms with Crippen LogP contribution < -0.4 is 18.9 Å². The van der Waals surface area contributed by atoms with Crippen molar-refractivity contribution in [3.8, 4) is 23.0 Å². The summed E-state index contributed by atoms with van der Waals surface area (Å²) in [6, 6.07) is 10.7. The van der Waals surface area contributed by atoms with Crippen LogP contribution in [0.4, 0.5) is 0 Å². The van der Waals surface area contributed by atoms with Gasteiger partial charge in [-0.3, -0.25) is 4.79 Å². The van der Waals surface area contributed by atoms with Crippen LogP contribution >= 0.6 is 15.9 Å². The maximum Gasteiger partial charge on any atom is 0.253 e. The first kappa shape index (κ1) is 20.9. The van der Waals surface area contributed by atoms with E-state index in [1.165, 1.54) is 0 Å². The van der Waals surface area contributed by atoms with E-state index in [2.05, 4.69) is 15.9 Å². The van der Waals surface area contributed by atoms with Crippen LogP contribution in [0.5, 0.6) is 23.0 Å². The second-order valence-electron chi connectivity index (χ2n) is 5.67. The Balaban J connectivity index is 1.98. The van der Waals surface area contributed by atoms with Gasteiger partial charge in [0.1, 0.15) is 18.1 Å². The number of rotatable bonds is 9. The highest BCUT2D eigenvalue weighted by Gasteiger charge is 2.18. The topological polar surface area (TPSA) is 57.2 Å². The quantitative estimate of drug-likeness (QED) is 0.592. The SMILES string of the molecule is CCOc1c(Br)cc(C(=O)N(C)CCOc2ccc(OC)cc2)cc1OC. The molecule has 0 aromatic heterocycles. The van der Waals surface area contributed by atoms with E-state index in [0.717, 1.165) is 11.5 Å². The zero-order chi connectivity index (χ0) is 19.8. The molecule has 2 aromatic rings. The van der Waals surface area contributed by atoms with Crippen molar-refractivity contribution in [3.05, 3.63) is 46.4 Å². The standard InChI is InChI=1S/C20H24BrNO5/c1-5-26-19-17(21)12-14(13-18(19)25-4)20(23)22(2)10-11-27-16-8-6-15(24-3)7-9-16/h6-9,12-13H,5,10-11H2,1-4H3. The van der Waals surface area contributed by atoms with E-state index in [9.17, 15) is 4.79 Å². The summed E-state index contributed by atoms with van der Waals surface area (Å²) >= 11 is 3.44. The fourth-order valence-electron chi connectivity index (χ4n) is 2.42. The first-order chi connectivity index (χ1) is 13.0. The first-order valence-electron chi connectivity index (χ1n) is 8.52. The lowest BCUT2D eigenvalue weighted by Crippen LogP contribution is -2.30. The molecule has 7 heteroatoms. The molecule has 0 radical (unpaired) electrons. The molecule has 0 aliphatic rings. The van der Waals surface area contributed by atoms with Gasteiger partial charge in [-0.15, -0.1) is 0 Å². The van der Waals surface area contributed by atoms with Gasteiger partial charge in [-0.25, -0.2) is 0 Å². The van der Waals surface area contributed by atoms with Gasteiger partial charge in [0.2, 0.25) is 0 Å². The van der Waals surface area contributed by atoms with Crippen molar-refractivity contribution in [3.63, 3.8) is 0 Å². The van der Waals surface area contributed by atoms with E-state index < -0.39 is 0 Å². The molecule has 0 aliphatic heterocycles. The Morgan fingerprint density at radius 1 is 1.04 bits per heavy atom. The molecule has 0 bridgehead atoms. The highest BCUT2D eigenvalue weighted by molar-refractivity contribution is 9.10. The van der Waals surface area contributed by atoms with Crippen molar-refractivity contribution in [1.29, 1.82) is 0 Å². The molecule has 0 spiro atoms. The van der Waals surface area contributed by atoms with Gasteiger partial charge in [0.05, 0.1) is 31.8 Å². The van der Waals surface area contributed by atoms with E-state index in [4.69, 9.17) is 18.9 Å². The van der Waals surface area contributed by atoms with Gasteiger partial charge in [-0.1, -0.05) is 0 Å². The van der Waals surface area contributed by atoms with Crippen molar-refractivity contribution in [2.24, 2.45) is 0 Å². The molecule has 6 nitrogen and oxygen atoms in total. The molecule has 0 saturated carbocycles. The molecule has 27 heavy (non-hydrogen) atoms. The lowest BCUT2D eigenvalue weighted by atomic mass is 10.1. The monoisotopic (exact) mass is 437 g/mol. The van der Waals surface area contributed by atoms with Gasteiger partial charge < -0.3 is 23.8 Å². The lowest BCUT2D eigenvalue weighted by molar-refractivity contribution is 0.0773. The number of nitrogens with zero attached hydrogens (tertiary/aromatic N) is 1. The Morgan fingerprint density at radius 2 is 1.70 bits per heavy atom. The molecule has 0 fully saturated rings. The molecule has 2 rings (SSSR count). The van der Waals surface area contributed by atoms with Crippen LogP contribution in [0, 0.1) is 0 Å². The van der Waals surface area contributed by atoms with E-state index in [1.54, 1.807) is 38.3 Å². The highest BCUT2D eigenvalue weighted by atomic mass is 79.9. The van der Waals surface area contributed by atoms with E-state index in [-0.39, 0.29) is 5.91 Å². The minimum Gasteiger partial charge on any atom is -0.497 e. The molecule has 0 heterocycles. The second-order valence-corrected chi connectivity index (χ2v) is 6.53. The minimum atomic E-state index is -0.129. The number of likely N-dealkylation sites (N-methyl/N-ethyl adjacent to an activating group) is 1. The smallest absolute Gasteiger partial charge is 0.253 e. The average Bonchev–Trinajstić information content (AvgIpc) is 2.69.